The van der Waals surface area contributed by atoms with Gasteiger partial charge in [-0.1, -0.05) is 145 Å². The van der Waals surface area contributed by atoms with Crippen molar-refractivity contribution in [2.45, 2.75) is 156 Å². The summed E-state index contributed by atoms with van der Waals surface area (Å²) in [6, 6.07) is 43.9. The molecule has 6 aromatic carbocycles. The number of aryl methyl sites for hydroxylation is 1. The quantitative estimate of drug-likeness (QED) is 0.163. The first kappa shape index (κ1) is 43.5. The predicted molar refractivity (Wildman–Crippen MR) is 289 cm³/mol. The topological polar surface area (TPSA) is 6.48 Å². The van der Waals surface area contributed by atoms with Gasteiger partial charge in [0.15, 0.2) is 0 Å². The standard InChI is InChI=1S/C62H69BN2S/c1-37(2)40-20-25-54-44(32-40)56-57(66-54)63-49-33-41(58(4,5)6)21-24-50(49)65(51-36-48-47(61(11,12)28-29-62(48,13)14)35-43(51)39-18-16-15-17-19-39)53-31-38(3)30-52(55(53)63)64(56)42-22-23-45-46(34-42)60(9,10)27-26-59(45,7)8/h15-25,30-37H,26-29H2,1-14H3. The van der Waals surface area contributed by atoms with Crippen LogP contribution in [0.4, 0.5) is 34.1 Å². The lowest BCUT2D eigenvalue weighted by Crippen LogP contribution is -2.60. The molecule has 2 aliphatic heterocycles. The summed E-state index contributed by atoms with van der Waals surface area (Å²) >= 11 is 2.02. The smallest absolute Gasteiger partial charge is 0.264 e. The fourth-order valence-corrected chi connectivity index (χ4v) is 13.6. The van der Waals surface area contributed by atoms with Crippen LogP contribution in [0.5, 0.6) is 0 Å². The van der Waals surface area contributed by atoms with Crippen molar-refractivity contribution in [3.8, 4) is 11.1 Å². The fourth-order valence-electron chi connectivity index (χ4n) is 12.3. The normalized spacial score (nSPS) is 18.4. The van der Waals surface area contributed by atoms with E-state index < -0.39 is 0 Å². The zero-order chi connectivity index (χ0) is 46.6. The molecule has 2 aliphatic carbocycles. The van der Waals surface area contributed by atoms with Gasteiger partial charge in [-0.25, -0.2) is 0 Å². The molecule has 336 valence electrons. The predicted octanol–water partition coefficient (Wildman–Crippen LogP) is 16.1. The highest BCUT2D eigenvalue weighted by Crippen LogP contribution is 2.55. The fraction of sp³-hybridized carbons (Fsp3) is 0.387. The minimum absolute atomic E-state index is 0.0214. The molecule has 0 radical (unpaired) electrons. The van der Waals surface area contributed by atoms with Gasteiger partial charge in [-0.15, -0.1) is 11.3 Å². The maximum absolute atomic E-state index is 2.71. The van der Waals surface area contributed by atoms with Crippen LogP contribution in [-0.2, 0) is 27.1 Å². The van der Waals surface area contributed by atoms with Gasteiger partial charge in [-0.05, 0) is 176 Å². The molecule has 0 saturated heterocycles. The van der Waals surface area contributed by atoms with Gasteiger partial charge in [0, 0.05) is 43.2 Å². The van der Waals surface area contributed by atoms with Crippen molar-refractivity contribution < 1.29 is 0 Å². The molecule has 4 heteroatoms. The van der Waals surface area contributed by atoms with Gasteiger partial charge in [0.05, 0.1) is 11.4 Å². The van der Waals surface area contributed by atoms with E-state index in [1.54, 1.807) is 0 Å². The third kappa shape index (κ3) is 6.54. The summed E-state index contributed by atoms with van der Waals surface area (Å²) in [5, 5.41) is 1.37. The van der Waals surface area contributed by atoms with Crippen LogP contribution in [0, 0.1) is 6.92 Å². The molecule has 3 heterocycles. The Hall–Kier alpha value is -5.06. The molecule has 0 amide bonds. The van der Waals surface area contributed by atoms with E-state index in [0.29, 0.717) is 5.92 Å². The van der Waals surface area contributed by atoms with Gasteiger partial charge < -0.3 is 9.80 Å². The SMILES string of the molecule is Cc1cc2c3c(c1)N(c1ccc4c(c1)C(C)(C)CCC4(C)C)c1c(sc4ccc(C(C)C)cc14)B3c1cc(C(C)(C)C)ccc1N2c1cc2c(cc1-c1ccccc1)C(C)(C)CCC2(C)C. The molecule has 0 spiro atoms. The molecule has 0 bridgehead atoms. The Kier molecular flexibility index (Phi) is 9.54. The molecule has 7 aromatic rings. The van der Waals surface area contributed by atoms with Crippen LogP contribution in [-0.4, -0.2) is 6.71 Å². The van der Waals surface area contributed by atoms with Crippen molar-refractivity contribution >= 4 is 78.0 Å². The second kappa shape index (κ2) is 14.5. The highest BCUT2D eigenvalue weighted by molar-refractivity contribution is 7.33. The molecule has 1 aromatic heterocycles. The van der Waals surface area contributed by atoms with Crippen LogP contribution < -0.4 is 25.5 Å². The van der Waals surface area contributed by atoms with Gasteiger partial charge in [-0.3, -0.25) is 0 Å². The maximum atomic E-state index is 2.71. The second-order valence-corrected chi connectivity index (χ2v) is 25.7. The third-order valence-corrected chi connectivity index (χ3v) is 18.0. The first-order valence-corrected chi connectivity index (χ1v) is 25.7. The van der Waals surface area contributed by atoms with Crippen LogP contribution in [0.2, 0.25) is 0 Å². The average Bonchev–Trinajstić information content (AvgIpc) is 3.64. The number of hydrogen-bond donors (Lipinski definition) is 0. The first-order valence-electron chi connectivity index (χ1n) is 24.9. The Morgan fingerprint density at radius 1 is 0.576 bits per heavy atom. The van der Waals surface area contributed by atoms with Crippen LogP contribution in [0.15, 0.2) is 109 Å². The molecule has 4 aliphatic rings. The van der Waals surface area contributed by atoms with Crippen molar-refractivity contribution in [1.29, 1.82) is 0 Å². The zero-order valence-corrected chi connectivity index (χ0v) is 43.0. The minimum Gasteiger partial charge on any atom is -0.311 e. The van der Waals surface area contributed by atoms with E-state index in [0.717, 1.165) is 0 Å². The lowest BCUT2D eigenvalue weighted by Gasteiger charge is -2.46. The van der Waals surface area contributed by atoms with Crippen molar-refractivity contribution in [3.05, 3.63) is 148 Å². The Bertz CT molecular complexity index is 3130. The van der Waals surface area contributed by atoms with E-state index in [4.69, 9.17) is 0 Å². The number of thiophene rings is 1. The Morgan fingerprint density at radius 2 is 1.18 bits per heavy atom. The number of rotatable bonds is 4. The number of fused-ring (bicyclic) bond motifs is 8. The maximum Gasteiger partial charge on any atom is 0.264 e. The van der Waals surface area contributed by atoms with Gasteiger partial charge >= 0.3 is 0 Å². The Labute approximate surface area is 400 Å². The molecular formula is C62H69BN2S. The highest BCUT2D eigenvalue weighted by atomic mass is 32.1. The molecule has 0 saturated carbocycles. The van der Waals surface area contributed by atoms with Crippen molar-refractivity contribution in [1.82, 2.24) is 0 Å². The largest absolute Gasteiger partial charge is 0.311 e. The molecule has 0 N–H and O–H groups in total. The van der Waals surface area contributed by atoms with Gasteiger partial charge in [-0.2, -0.15) is 0 Å². The number of benzene rings is 6. The molecule has 2 nitrogen and oxygen atoms in total. The first-order chi connectivity index (χ1) is 31.1. The molecule has 66 heavy (non-hydrogen) atoms. The number of anilines is 6. The summed E-state index contributed by atoms with van der Waals surface area (Å²) in [6.45, 7) is 33.9. The zero-order valence-electron chi connectivity index (χ0n) is 42.2. The van der Waals surface area contributed by atoms with Gasteiger partial charge in [0.2, 0.25) is 0 Å². The summed E-state index contributed by atoms with van der Waals surface area (Å²) in [6.07, 6.45) is 4.73. The number of hydrogen-bond acceptors (Lipinski definition) is 3. The van der Waals surface area contributed by atoms with Gasteiger partial charge in [0.25, 0.3) is 6.71 Å². The molecule has 0 unspecified atom stereocenters. The Morgan fingerprint density at radius 3 is 1.82 bits per heavy atom. The van der Waals surface area contributed by atoms with E-state index in [1.807, 2.05) is 11.3 Å². The lowest BCUT2D eigenvalue weighted by atomic mass is 9.36. The van der Waals surface area contributed by atoms with Crippen molar-refractivity contribution in [3.63, 3.8) is 0 Å². The van der Waals surface area contributed by atoms with Crippen LogP contribution in [0.1, 0.15) is 161 Å². The summed E-state index contributed by atoms with van der Waals surface area (Å²) in [5.41, 5.74) is 23.5. The van der Waals surface area contributed by atoms with Crippen LogP contribution >= 0.6 is 11.3 Å². The van der Waals surface area contributed by atoms with Crippen molar-refractivity contribution in [2.75, 3.05) is 9.80 Å². The second-order valence-electron chi connectivity index (χ2n) is 24.6. The van der Waals surface area contributed by atoms with E-state index >= 15 is 0 Å². The summed E-state index contributed by atoms with van der Waals surface area (Å²) < 4.78 is 2.81. The summed E-state index contributed by atoms with van der Waals surface area (Å²) in [7, 11) is 0. The summed E-state index contributed by atoms with van der Waals surface area (Å²) in [5.74, 6) is 0.430. The molecule has 0 fully saturated rings. The number of nitrogens with zero attached hydrogens (tertiary/aromatic N) is 2. The molecular weight excluding hydrogens is 816 g/mol. The highest BCUT2D eigenvalue weighted by Gasteiger charge is 2.48. The minimum atomic E-state index is -0.0214. The van der Waals surface area contributed by atoms with E-state index in [1.165, 1.54) is 136 Å². The monoisotopic (exact) mass is 885 g/mol. The van der Waals surface area contributed by atoms with Crippen molar-refractivity contribution in [2.24, 2.45) is 0 Å². The van der Waals surface area contributed by atoms with Crippen LogP contribution in [0.25, 0.3) is 21.2 Å². The molecule has 11 rings (SSSR count). The lowest BCUT2D eigenvalue weighted by molar-refractivity contribution is 0.332. The average molecular weight is 885 g/mol. The molecule has 0 atom stereocenters. The summed E-state index contributed by atoms with van der Waals surface area (Å²) in [4.78, 5) is 5.42. The van der Waals surface area contributed by atoms with E-state index in [9.17, 15) is 0 Å². The Balaban J connectivity index is 1.27. The van der Waals surface area contributed by atoms with Gasteiger partial charge in [0.1, 0.15) is 0 Å². The van der Waals surface area contributed by atoms with E-state index in [2.05, 4.69) is 216 Å². The van der Waals surface area contributed by atoms with Crippen LogP contribution in [0.3, 0.4) is 0 Å². The third-order valence-electron chi connectivity index (χ3n) is 16.8. The van der Waals surface area contributed by atoms with E-state index in [-0.39, 0.29) is 33.8 Å².